The van der Waals surface area contributed by atoms with Crippen LogP contribution in [-0.4, -0.2) is 19.0 Å². The van der Waals surface area contributed by atoms with Gasteiger partial charge in [-0.3, -0.25) is 4.79 Å². The third-order valence-electron chi connectivity index (χ3n) is 2.59. The van der Waals surface area contributed by atoms with Crippen molar-refractivity contribution in [2.45, 2.75) is 52.1 Å². The first-order valence-electron chi connectivity index (χ1n) is 5.25. The molecular weight excluding hydrogens is 176 g/mol. The molecule has 0 bridgehead atoms. The molecule has 0 heterocycles. The standard InChI is InChI=1S/C12H22O2/c1-5-6-8-12(3,14-4)9-7-11(2)10-13/h7,10H,5-6,8-9H2,1-4H3/b11-7+. The van der Waals surface area contributed by atoms with Gasteiger partial charge in [0.1, 0.15) is 6.29 Å². The fourth-order valence-corrected chi connectivity index (χ4v) is 1.26. The summed E-state index contributed by atoms with van der Waals surface area (Å²) in [6.45, 7) is 6.09. The van der Waals surface area contributed by atoms with Crippen LogP contribution in [-0.2, 0) is 9.53 Å². The summed E-state index contributed by atoms with van der Waals surface area (Å²) in [5, 5.41) is 0. The number of carbonyl (C=O) groups excluding carboxylic acids is 1. The van der Waals surface area contributed by atoms with Crippen LogP contribution in [0.25, 0.3) is 0 Å². The maximum atomic E-state index is 10.4. The molecule has 0 saturated carbocycles. The fourth-order valence-electron chi connectivity index (χ4n) is 1.26. The van der Waals surface area contributed by atoms with Gasteiger partial charge >= 0.3 is 0 Å². The Bertz CT molecular complexity index is 196. The maximum Gasteiger partial charge on any atom is 0.145 e. The summed E-state index contributed by atoms with van der Waals surface area (Å²) in [5.74, 6) is 0. The van der Waals surface area contributed by atoms with Gasteiger partial charge in [-0.15, -0.1) is 0 Å². The molecule has 0 aliphatic carbocycles. The van der Waals surface area contributed by atoms with E-state index in [2.05, 4.69) is 13.8 Å². The van der Waals surface area contributed by atoms with Crippen LogP contribution in [0.3, 0.4) is 0 Å². The van der Waals surface area contributed by atoms with Gasteiger partial charge in [0.25, 0.3) is 0 Å². The van der Waals surface area contributed by atoms with Crippen molar-refractivity contribution in [1.82, 2.24) is 0 Å². The van der Waals surface area contributed by atoms with Crippen molar-refractivity contribution in [3.05, 3.63) is 11.6 Å². The zero-order chi connectivity index (χ0) is 11.0. The van der Waals surface area contributed by atoms with E-state index in [0.29, 0.717) is 0 Å². The van der Waals surface area contributed by atoms with Gasteiger partial charge in [-0.25, -0.2) is 0 Å². The molecule has 0 N–H and O–H groups in total. The number of allylic oxidation sites excluding steroid dienone is 1. The monoisotopic (exact) mass is 198 g/mol. The van der Waals surface area contributed by atoms with Gasteiger partial charge in [0.15, 0.2) is 0 Å². The number of rotatable bonds is 7. The second-order valence-electron chi connectivity index (χ2n) is 4.03. The minimum absolute atomic E-state index is 0.111. The van der Waals surface area contributed by atoms with Crippen molar-refractivity contribution in [2.24, 2.45) is 0 Å². The molecule has 2 nitrogen and oxygen atoms in total. The molecule has 1 unspecified atom stereocenters. The van der Waals surface area contributed by atoms with Crippen molar-refractivity contribution in [3.8, 4) is 0 Å². The van der Waals surface area contributed by atoms with E-state index in [1.165, 1.54) is 6.42 Å². The molecule has 0 rings (SSSR count). The average Bonchev–Trinajstić information content (AvgIpc) is 2.23. The van der Waals surface area contributed by atoms with Crippen LogP contribution in [0.1, 0.15) is 46.5 Å². The van der Waals surface area contributed by atoms with Crippen LogP contribution in [0.2, 0.25) is 0 Å². The lowest BCUT2D eigenvalue weighted by molar-refractivity contribution is -0.104. The normalized spacial score (nSPS) is 16.4. The molecule has 0 saturated heterocycles. The van der Waals surface area contributed by atoms with Crippen molar-refractivity contribution < 1.29 is 9.53 Å². The highest BCUT2D eigenvalue weighted by Gasteiger charge is 2.20. The van der Waals surface area contributed by atoms with Crippen LogP contribution in [0.4, 0.5) is 0 Å². The Morgan fingerprint density at radius 3 is 2.57 bits per heavy atom. The third-order valence-corrected chi connectivity index (χ3v) is 2.59. The van der Waals surface area contributed by atoms with E-state index in [1.54, 1.807) is 7.11 Å². The zero-order valence-electron chi connectivity index (χ0n) is 9.80. The molecule has 0 aromatic heterocycles. The average molecular weight is 198 g/mol. The van der Waals surface area contributed by atoms with E-state index in [1.807, 2.05) is 13.0 Å². The molecular formula is C12H22O2. The Hall–Kier alpha value is -0.630. The number of carbonyl (C=O) groups is 1. The maximum absolute atomic E-state index is 10.4. The number of unbranched alkanes of at least 4 members (excludes halogenated alkanes) is 1. The van der Waals surface area contributed by atoms with Crippen molar-refractivity contribution >= 4 is 6.29 Å². The first kappa shape index (κ1) is 13.4. The van der Waals surface area contributed by atoms with Gasteiger partial charge in [-0.1, -0.05) is 25.8 Å². The minimum atomic E-state index is -0.111. The predicted octanol–water partition coefficient (Wildman–Crippen LogP) is 3.12. The van der Waals surface area contributed by atoms with E-state index >= 15 is 0 Å². The van der Waals surface area contributed by atoms with E-state index in [9.17, 15) is 4.79 Å². The smallest absolute Gasteiger partial charge is 0.145 e. The molecule has 2 heteroatoms. The molecule has 0 aliphatic heterocycles. The zero-order valence-corrected chi connectivity index (χ0v) is 9.80. The molecule has 0 radical (unpaired) electrons. The molecule has 82 valence electrons. The molecule has 0 amide bonds. The van der Waals surface area contributed by atoms with Crippen molar-refractivity contribution in [3.63, 3.8) is 0 Å². The quantitative estimate of drug-likeness (QED) is 0.464. The van der Waals surface area contributed by atoms with Crippen LogP contribution >= 0.6 is 0 Å². The van der Waals surface area contributed by atoms with Crippen molar-refractivity contribution in [1.29, 1.82) is 0 Å². The number of hydrogen-bond acceptors (Lipinski definition) is 2. The van der Waals surface area contributed by atoms with Gasteiger partial charge in [-0.2, -0.15) is 0 Å². The molecule has 0 aliphatic rings. The van der Waals surface area contributed by atoms with Crippen LogP contribution < -0.4 is 0 Å². The summed E-state index contributed by atoms with van der Waals surface area (Å²) >= 11 is 0. The molecule has 0 spiro atoms. The Morgan fingerprint density at radius 2 is 2.14 bits per heavy atom. The number of hydrogen-bond donors (Lipinski definition) is 0. The Kier molecular flexibility index (Phi) is 6.46. The molecule has 14 heavy (non-hydrogen) atoms. The summed E-state index contributed by atoms with van der Waals surface area (Å²) in [4.78, 5) is 10.4. The second kappa shape index (κ2) is 6.77. The first-order chi connectivity index (χ1) is 6.58. The van der Waals surface area contributed by atoms with Crippen LogP contribution in [0.5, 0.6) is 0 Å². The number of aldehydes is 1. The molecule has 1 atom stereocenters. The van der Waals surface area contributed by atoms with Gasteiger partial charge < -0.3 is 4.74 Å². The van der Waals surface area contributed by atoms with E-state index in [4.69, 9.17) is 4.74 Å². The Labute approximate surface area is 87.3 Å². The van der Waals surface area contributed by atoms with Crippen LogP contribution in [0.15, 0.2) is 11.6 Å². The summed E-state index contributed by atoms with van der Waals surface area (Å²) in [6, 6.07) is 0. The molecule has 0 aromatic carbocycles. The highest BCUT2D eigenvalue weighted by molar-refractivity contribution is 5.71. The van der Waals surface area contributed by atoms with E-state index in [-0.39, 0.29) is 5.60 Å². The number of ether oxygens (including phenoxy) is 1. The first-order valence-corrected chi connectivity index (χ1v) is 5.25. The number of methoxy groups -OCH3 is 1. The summed E-state index contributed by atoms with van der Waals surface area (Å²) in [5.41, 5.74) is 0.671. The topological polar surface area (TPSA) is 26.3 Å². The summed E-state index contributed by atoms with van der Waals surface area (Å²) in [7, 11) is 1.74. The lowest BCUT2D eigenvalue weighted by atomic mass is 9.94. The summed E-state index contributed by atoms with van der Waals surface area (Å²) in [6.07, 6.45) is 7.03. The van der Waals surface area contributed by atoms with Crippen LogP contribution in [0, 0.1) is 0 Å². The second-order valence-corrected chi connectivity index (χ2v) is 4.03. The third kappa shape index (κ3) is 5.18. The lowest BCUT2D eigenvalue weighted by Crippen LogP contribution is -2.26. The van der Waals surface area contributed by atoms with Gasteiger partial charge in [0.2, 0.25) is 0 Å². The highest BCUT2D eigenvalue weighted by Crippen LogP contribution is 2.23. The Balaban J connectivity index is 4.17. The SMILES string of the molecule is CCCCC(C)(C/C=C(\C)C=O)OC. The van der Waals surface area contributed by atoms with Gasteiger partial charge in [-0.05, 0) is 32.3 Å². The minimum Gasteiger partial charge on any atom is -0.378 e. The summed E-state index contributed by atoms with van der Waals surface area (Å²) < 4.78 is 5.47. The largest absolute Gasteiger partial charge is 0.378 e. The van der Waals surface area contributed by atoms with Crippen molar-refractivity contribution in [2.75, 3.05) is 7.11 Å². The van der Waals surface area contributed by atoms with Gasteiger partial charge in [0.05, 0.1) is 5.60 Å². The van der Waals surface area contributed by atoms with E-state index in [0.717, 1.165) is 31.1 Å². The lowest BCUT2D eigenvalue weighted by Gasteiger charge is -2.26. The van der Waals surface area contributed by atoms with E-state index < -0.39 is 0 Å². The fraction of sp³-hybridized carbons (Fsp3) is 0.750. The molecule has 0 fully saturated rings. The predicted molar refractivity (Wildman–Crippen MR) is 59.4 cm³/mol. The molecule has 0 aromatic rings. The Morgan fingerprint density at radius 1 is 1.50 bits per heavy atom. The van der Waals surface area contributed by atoms with Gasteiger partial charge in [0, 0.05) is 7.11 Å². The highest BCUT2D eigenvalue weighted by atomic mass is 16.5.